The van der Waals surface area contributed by atoms with Crippen LogP contribution in [0.2, 0.25) is 0 Å². The molecule has 1 aromatic carbocycles. The molecule has 0 aliphatic rings. The molecule has 0 aliphatic heterocycles. The van der Waals surface area contributed by atoms with Crippen LogP contribution in [0.25, 0.3) is 11.1 Å². The van der Waals surface area contributed by atoms with E-state index in [-0.39, 0.29) is 11.7 Å². The van der Waals surface area contributed by atoms with E-state index in [1.807, 2.05) is 0 Å². The van der Waals surface area contributed by atoms with Crippen molar-refractivity contribution in [3.05, 3.63) is 66.5 Å². The lowest BCUT2D eigenvalue weighted by molar-refractivity contribution is 0.102. The van der Waals surface area contributed by atoms with Gasteiger partial charge in [0.25, 0.3) is 5.91 Å². The molecule has 0 unspecified atom stereocenters. The summed E-state index contributed by atoms with van der Waals surface area (Å²) >= 11 is 0. The molecule has 104 valence electrons. The fourth-order valence-corrected chi connectivity index (χ4v) is 1.94. The number of rotatable bonds is 3. The van der Waals surface area contributed by atoms with Crippen molar-refractivity contribution in [1.29, 1.82) is 0 Å². The fourth-order valence-electron chi connectivity index (χ4n) is 1.94. The van der Waals surface area contributed by atoms with Gasteiger partial charge in [-0.2, -0.15) is 5.10 Å². The highest BCUT2D eigenvalue weighted by atomic mass is 19.1. The van der Waals surface area contributed by atoms with Gasteiger partial charge < -0.3 is 5.32 Å². The number of aromatic amines is 1. The maximum absolute atomic E-state index is 12.8. The highest BCUT2D eigenvalue weighted by Crippen LogP contribution is 2.22. The van der Waals surface area contributed by atoms with Crippen LogP contribution in [0.1, 0.15) is 10.5 Å². The molecule has 0 radical (unpaired) electrons. The van der Waals surface area contributed by atoms with Crippen molar-refractivity contribution in [2.45, 2.75) is 0 Å². The zero-order valence-electron chi connectivity index (χ0n) is 10.9. The number of nitrogens with zero attached hydrogens (tertiary/aromatic N) is 2. The van der Waals surface area contributed by atoms with Crippen LogP contribution in [0.15, 0.2) is 55.0 Å². The summed E-state index contributed by atoms with van der Waals surface area (Å²) in [6.07, 6.45) is 4.86. The third kappa shape index (κ3) is 2.79. The Morgan fingerprint density at radius 3 is 2.52 bits per heavy atom. The van der Waals surface area contributed by atoms with Crippen LogP contribution >= 0.6 is 0 Å². The van der Waals surface area contributed by atoms with E-state index >= 15 is 0 Å². The van der Waals surface area contributed by atoms with Crippen molar-refractivity contribution in [3.8, 4) is 11.1 Å². The molecule has 0 saturated heterocycles. The van der Waals surface area contributed by atoms with E-state index in [0.717, 1.165) is 5.56 Å². The maximum atomic E-state index is 12.8. The summed E-state index contributed by atoms with van der Waals surface area (Å²) in [5.41, 5.74) is 2.36. The van der Waals surface area contributed by atoms with Gasteiger partial charge in [-0.1, -0.05) is 0 Å². The zero-order valence-corrected chi connectivity index (χ0v) is 10.9. The number of aromatic nitrogens is 3. The number of carbonyl (C=O) groups excluding carboxylic acids is 1. The molecule has 21 heavy (non-hydrogen) atoms. The molecule has 2 N–H and O–H groups in total. The smallest absolute Gasteiger partial charge is 0.274 e. The predicted octanol–water partition coefficient (Wildman–Crippen LogP) is 2.86. The number of amides is 1. The first kappa shape index (κ1) is 13.0. The number of benzene rings is 1. The molecule has 6 heteroatoms. The number of hydrogen-bond acceptors (Lipinski definition) is 3. The summed E-state index contributed by atoms with van der Waals surface area (Å²) < 4.78 is 12.8. The Bertz CT molecular complexity index is 753. The molecule has 2 aromatic heterocycles. The van der Waals surface area contributed by atoms with E-state index in [2.05, 4.69) is 20.5 Å². The molecule has 0 atom stereocenters. The minimum Gasteiger partial charge on any atom is -0.321 e. The molecule has 3 aromatic rings. The molecular formula is C15H11FN4O. The van der Waals surface area contributed by atoms with Gasteiger partial charge in [-0.15, -0.1) is 0 Å². The van der Waals surface area contributed by atoms with Crippen LogP contribution in [0, 0.1) is 5.82 Å². The van der Waals surface area contributed by atoms with Gasteiger partial charge in [0.15, 0.2) is 0 Å². The standard InChI is InChI=1S/C15H11FN4O/c16-11-1-3-12(4-2-11)19-15(21)14-13(9-18-20-14)10-5-7-17-8-6-10/h1-9H,(H,18,20)(H,19,21). The Labute approximate surface area is 119 Å². The van der Waals surface area contributed by atoms with Crippen LogP contribution in [-0.4, -0.2) is 21.1 Å². The molecule has 0 saturated carbocycles. The summed E-state index contributed by atoms with van der Waals surface area (Å²) in [4.78, 5) is 16.2. The van der Waals surface area contributed by atoms with E-state index in [9.17, 15) is 9.18 Å². The number of pyridine rings is 1. The topological polar surface area (TPSA) is 70.7 Å². The second kappa shape index (κ2) is 5.54. The Morgan fingerprint density at radius 2 is 1.81 bits per heavy atom. The van der Waals surface area contributed by atoms with Crippen LogP contribution in [0.5, 0.6) is 0 Å². The molecule has 3 rings (SSSR count). The Kier molecular flexibility index (Phi) is 3.42. The highest BCUT2D eigenvalue weighted by molar-refractivity contribution is 6.07. The van der Waals surface area contributed by atoms with Gasteiger partial charge in [0.1, 0.15) is 11.5 Å². The lowest BCUT2D eigenvalue weighted by Crippen LogP contribution is -2.13. The number of anilines is 1. The van der Waals surface area contributed by atoms with Gasteiger partial charge in [-0.25, -0.2) is 4.39 Å². The van der Waals surface area contributed by atoms with Gasteiger partial charge in [-0.05, 0) is 42.0 Å². The van der Waals surface area contributed by atoms with E-state index in [1.165, 1.54) is 24.3 Å². The van der Waals surface area contributed by atoms with Crippen LogP contribution in [0.4, 0.5) is 10.1 Å². The summed E-state index contributed by atoms with van der Waals surface area (Å²) in [5.74, 6) is -0.696. The van der Waals surface area contributed by atoms with Crippen LogP contribution < -0.4 is 5.32 Å². The van der Waals surface area contributed by atoms with Gasteiger partial charge in [0.05, 0.1) is 6.20 Å². The Balaban J connectivity index is 1.86. The summed E-state index contributed by atoms with van der Waals surface area (Å²) in [5, 5.41) is 9.28. The minimum atomic E-state index is -0.355. The van der Waals surface area contributed by atoms with E-state index < -0.39 is 0 Å². The lowest BCUT2D eigenvalue weighted by atomic mass is 10.1. The number of nitrogens with one attached hydrogen (secondary N) is 2. The summed E-state index contributed by atoms with van der Waals surface area (Å²) in [7, 11) is 0. The first-order chi connectivity index (χ1) is 10.2. The van der Waals surface area contributed by atoms with Crippen molar-refractivity contribution >= 4 is 11.6 Å². The van der Waals surface area contributed by atoms with E-state index in [4.69, 9.17) is 0 Å². The molecule has 0 spiro atoms. The van der Waals surface area contributed by atoms with Gasteiger partial charge >= 0.3 is 0 Å². The average molecular weight is 282 g/mol. The van der Waals surface area contributed by atoms with Crippen molar-refractivity contribution in [3.63, 3.8) is 0 Å². The van der Waals surface area contributed by atoms with Crippen molar-refractivity contribution in [1.82, 2.24) is 15.2 Å². The third-order valence-corrected chi connectivity index (χ3v) is 2.96. The largest absolute Gasteiger partial charge is 0.321 e. The molecular weight excluding hydrogens is 271 g/mol. The zero-order chi connectivity index (χ0) is 14.7. The van der Waals surface area contributed by atoms with Crippen molar-refractivity contribution < 1.29 is 9.18 Å². The second-order valence-corrected chi connectivity index (χ2v) is 4.36. The number of carbonyl (C=O) groups is 1. The first-order valence-corrected chi connectivity index (χ1v) is 6.25. The molecule has 2 heterocycles. The quantitative estimate of drug-likeness (QED) is 0.776. The third-order valence-electron chi connectivity index (χ3n) is 2.96. The summed E-state index contributed by atoms with van der Waals surface area (Å²) in [6, 6.07) is 9.14. The number of halogens is 1. The summed E-state index contributed by atoms with van der Waals surface area (Å²) in [6.45, 7) is 0. The highest BCUT2D eigenvalue weighted by Gasteiger charge is 2.15. The average Bonchev–Trinajstić information content (AvgIpc) is 3.00. The second-order valence-electron chi connectivity index (χ2n) is 4.36. The van der Waals surface area contributed by atoms with Crippen LogP contribution in [-0.2, 0) is 0 Å². The van der Waals surface area contributed by atoms with E-state index in [1.54, 1.807) is 30.7 Å². The lowest BCUT2D eigenvalue weighted by Gasteiger charge is -2.05. The Hall–Kier alpha value is -3.02. The SMILES string of the molecule is O=C(Nc1ccc(F)cc1)c1[nH]ncc1-c1ccncc1. The monoisotopic (exact) mass is 282 g/mol. The van der Waals surface area contributed by atoms with E-state index in [0.29, 0.717) is 16.9 Å². The number of H-pyrrole nitrogens is 1. The molecule has 1 amide bonds. The fraction of sp³-hybridized carbons (Fsp3) is 0. The Morgan fingerprint density at radius 1 is 1.10 bits per heavy atom. The predicted molar refractivity (Wildman–Crippen MR) is 76.2 cm³/mol. The van der Waals surface area contributed by atoms with Crippen LogP contribution in [0.3, 0.4) is 0 Å². The number of hydrogen-bond donors (Lipinski definition) is 2. The first-order valence-electron chi connectivity index (χ1n) is 6.25. The van der Waals surface area contributed by atoms with Crippen molar-refractivity contribution in [2.75, 3.05) is 5.32 Å². The molecule has 0 bridgehead atoms. The van der Waals surface area contributed by atoms with Gasteiger partial charge in [0.2, 0.25) is 0 Å². The van der Waals surface area contributed by atoms with Gasteiger partial charge in [-0.3, -0.25) is 14.9 Å². The maximum Gasteiger partial charge on any atom is 0.274 e. The minimum absolute atomic E-state index is 0.338. The normalized spacial score (nSPS) is 10.3. The van der Waals surface area contributed by atoms with Gasteiger partial charge in [0, 0.05) is 23.6 Å². The molecule has 5 nitrogen and oxygen atoms in total. The molecule has 0 fully saturated rings. The molecule has 0 aliphatic carbocycles. The van der Waals surface area contributed by atoms with Crippen molar-refractivity contribution in [2.24, 2.45) is 0 Å².